The van der Waals surface area contributed by atoms with Crippen molar-refractivity contribution in [3.63, 3.8) is 0 Å². The summed E-state index contributed by atoms with van der Waals surface area (Å²) in [4.78, 5) is 14.6. The van der Waals surface area contributed by atoms with Gasteiger partial charge in [-0.2, -0.15) is 0 Å². The fraction of sp³-hybridized carbons (Fsp3) is 0.562. The third-order valence-electron chi connectivity index (χ3n) is 4.22. The fourth-order valence-electron chi connectivity index (χ4n) is 2.56. The Bertz CT molecular complexity index is 494. The molecule has 4 nitrogen and oxygen atoms in total. The van der Waals surface area contributed by atoms with Crippen LogP contribution >= 0.6 is 0 Å². The van der Waals surface area contributed by atoms with E-state index in [1.807, 2.05) is 25.1 Å². The van der Waals surface area contributed by atoms with Gasteiger partial charge in [0.2, 0.25) is 5.91 Å². The van der Waals surface area contributed by atoms with Crippen molar-refractivity contribution in [2.75, 3.05) is 5.73 Å². The highest BCUT2D eigenvalue weighted by atomic mass is 16.2. The number of anilines is 1. The number of para-hydroxylation sites is 1. The molecule has 1 unspecified atom stereocenters. The number of rotatable bonds is 6. The van der Waals surface area contributed by atoms with Crippen LogP contribution in [0.5, 0.6) is 0 Å². The number of hydrogen-bond acceptors (Lipinski definition) is 3. The molecule has 2 aliphatic rings. The molecule has 1 amide bonds. The zero-order valence-electron chi connectivity index (χ0n) is 12.0. The largest absolute Gasteiger partial charge is 0.398 e. The van der Waals surface area contributed by atoms with E-state index in [9.17, 15) is 4.79 Å². The second-order valence-electron chi connectivity index (χ2n) is 6.06. The van der Waals surface area contributed by atoms with Gasteiger partial charge in [0.25, 0.3) is 0 Å². The van der Waals surface area contributed by atoms with Gasteiger partial charge in [0.05, 0.1) is 6.04 Å². The van der Waals surface area contributed by atoms with Crippen molar-refractivity contribution in [2.24, 2.45) is 0 Å². The number of amides is 1. The van der Waals surface area contributed by atoms with Gasteiger partial charge in [-0.1, -0.05) is 18.2 Å². The SMILES string of the molecule is CC(C(=O)NC1CC1)N(Cc1ccccc1N)C1CC1. The molecule has 2 saturated carbocycles. The van der Waals surface area contributed by atoms with E-state index in [2.05, 4.69) is 16.3 Å². The molecule has 3 N–H and O–H groups in total. The third-order valence-corrected chi connectivity index (χ3v) is 4.22. The summed E-state index contributed by atoms with van der Waals surface area (Å²) in [7, 11) is 0. The molecule has 0 saturated heterocycles. The maximum Gasteiger partial charge on any atom is 0.237 e. The topological polar surface area (TPSA) is 58.4 Å². The lowest BCUT2D eigenvalue weighted by Crippen LogP contribution is -2.46. The molecule has 1 aromatic carbocycles. The third kappa shape index (κ3) is 3.12. The van der Waals surface area contributed by atoms with E-state index in [1.54, 1.807) is 0 Å². The van der Waals surface area contributed by atoms with E-state index in [-0.39, 0.29) is 11.9 Å². The standard InChI is InChI=1S/C16H23N3O/c1-11(16(20)18-13-6-7-13)19(14-8-9-14)10-12-4-2-3-5-15(12)17/h2-5,11,13-14H,6-10,17H2,1H3,(H,18,20). The number of nitrogens with one attached hydrogen (secondary N) is 1. The van der Waals surface area contributed by atoms with Crippen molar-refractivity contribution in [1.29, 1.82) is 0 Å². The van der Waals surface area contributed by atoms with Crippen molar-refractivity contribution in [3.8, 4) is 0 Å². The van der Waals surface area contributed by atoms with Crippen LogP contribution < -0.4 is 11.1 Å². The summed E-state index contributed by atoms with van der Waals surface area (Å²) in [6, 6.07) is 8.81. The van der Waals surface area contributed by atoms with Crippen LogP contribution in [0.15, 0.2) is 24.3 Å². The molecular weight excluding hydrogens is 250 g/mol. The number of nitrogens with zero attached hydrogens (tertiary/aromatic N) is 1. The minimum absolute atomic E-state index is 0.0808. The van der Waals surface area contributed by atoms with Crippen molar-refractivity contribution in [1.82, 2.24) is 10.2 Å². The Morgan fingerprint density at radius 2 is 2.05 bits per heavy atom. The monoisotopic (exact) mass is 273 g/mol. The van der Waals surface area contributed by atoms with E-state index in [4.69, 9.17) is 5.73 Å². The summed E-state index contributed by atoms with van der Waals surface area (Å²) in [6.07, 6.45) is 4.64. The highest BCUT2D eigenvalue weighted by Gasteiger charge is 2.36. The minimum Gasteiger partial charge on any atom is -0.398 e. The van der Waals surface area contributed by atoms with E-state index in [0.717, 1.165) is 30.6 Å². The van der Waals surface area contributed by atoms with Gasteiger partial charge in [-0.15, -0.1) is 0 Å². The molecule has 0 heterocycles. The molecule has 0 radical (unpaired) electrons. The molecule has 1 aromatic rings. The quantitative estimate of drug-likeness (QED) is 0.778. The Labute approximate surface area is 120 Å². The minimum atomic E-state index is -0.0808. The Morgan fingerprint density at radius 3 is 2.65 bits per heavy atom. The second kappa shape index (κ2) is 5.44. The van der Waals surface area contributed by atoms with Crippen LogP contribution in [0.2, 0.25) is 0 Å². The first-order valence-electron chi connectivity index (χ1n) is 7.54. The predicted octanol–water partition coefficient (Wildman–Crippen LogP) is 1.90. The van der Waals surface area contributed by atoms with Crippen molar-refractivity contribution >= 4 is 11.6 Å². The molecule has 108 valence electrons. The molecule has 0 aliphatic heterocycles. The van der Waals surface area contributed by atoms with Gasteiger partial charge < -0.3 is 11.1 Å². The molecular formula is C16H23N3O. The summed E-state index contributed by atoms with van der Waals surface area (Å²) >= 11 is 0. The van der Waals surface area contributed by atoms with Crippen LogP contribution in [0.3, 0.4) is 0 Å². The van der Waals surface area contributed by atoms with Crippen LogP contribution in [0.1, 0.15) is 38.2 Å². The van der Waals surface area contributed by atoms with Crippen LogP contribution in [-0.2, 0) is 11.3 Å². The van der Waals surface area contributed by atoms with E-state index >= 15 is 0 Å². The summed E-state index contributed by atoms with van der Waals surface area (Å²) in [5.74, 6) is 0.161. The highest BCUT2D eigenvalue weighted by Crippen LogP contribution is 2.31. The van der Waals surface area contributed by atoms with Crippen LogP contribution in [0.4, 0.5) is 5.69 Å². The van der Waals surface area contributed by atoms with Gasteiger partial charge in [-0.25, -0.2) is 0 Å². The smallest absolute Gasteiger partial charge is 0.237 e. The average Bonchev–Trinajstić information content (AvgIpc) is 3.30. The molecule has 2 fully saturated rings. The number of carbonyl (C=O) groups is 1. The van der Waals surface area contributed by atoms with Crippen molar-refractivity contribution in [3.05, 3.63) is 29.8 Å². The summed E-state index contributed by atoms with van der Waals surface area (Å²) in [5, 5.41) is 3.11. The van der Waals surface area contributed by atoms with Gasteiger partial charge in [0.1, 0.15) is 0 Å². The van der Waals surface area contributed by atoms with Gasteiger partial charge in [-0.3, -0.25) is 9.69 Å². The lowest BCUT2D eigenvalue weighted by atomic mass is 10.1. The van der Waals surface area contributed by atoms with E-state index < -0.39 is 0 Å². The maximum absolute atomic E-state index is 12.3. The first-order chi connectivity index (χ1) is 9.65. The van der Waals surface area contributed by atoms with Crippen LogP contribution in [0.25, 0.3) is 0 Å². The van der Waals surface area contributed by atoms with Gasteiger partial charge in [-0.05, 0) is 44.2 Å². The average molecular weight is 273 g/mol. The summed E-state index contributed by atoms with van der Waals surface area (Å²) in [5.41, 5.74) is 7.96. The van der Waals surface area contributed by atoms with Gasteiger partial charge in [0, 0.05) is 24.3 Å². The number of nitrogen functional groups attached to an aromatic ring is 1. The lowest BCUT2D eigenvalue weighted by molar-refractivity contribution is -0.126. The second-order valence-corrected chi connectivity index (χ2v) is 6.06. The van der Waals surface area contributed by atoms with Gasteiger partial charge >= 0.3 is 0 Å². The van der Waals surface area contributed by atoms with Gasteiger partial charge in [0.15, 0.2) is 0 Å². The number of nitrogens with two attached hydrogens (primary N) is 1. The van der Waals surface area contributed by atoms with E-state index in [0.29, 0.717) is 12.1 Å². The number of carbonyl (C=O) groups excluding carboxylic acids is 1. The Kier molecular flexibility index (Phi) is 3.66. The first-order valence-corrected chi connectivity index (χ1v) is 7.54. The van der Waals surface area contributed by atoms with Crippen molar-refractivity contribution < 1.29 is 4.79 Å². The zero-order chi connectivity index (χ0) is 14.1. The Balaban J connectivity index is 1.68. The summed E-state index contributed by atoms with van der Waals surface area (Å²) < 4.78 is 0. The fourth-order valence-corrected chi connectivity index (χ4v) is 2.56. The zero-order valence-corrected chi connectivity index (χ0v) is 12.0. The molecule has 0 spiro atoms. The number of hydrogen-bond donors (Lipinski definition) is 2. The molecule has 1 atom stereocenters. The molecule has 2 aliphatic carbocycles. The van der Waals surface area contributed by atoms with Crippen LogP contribution in [-0.4, -0.2) is 28.9 Å². The molecule has 0 bridgehead atoms. The molecule has 3 rings (SSSR count). The first kappa shape index (κ1) is 13.4. The molecule has 4 heteroatoms. The number of benzene rings is 1. The maximum atomic E-state index is 12.3. The van der Waals surface area contributed by atoms with Crippen LogP contribution in [0, 0.1) is 0 Å². The lowest BCUT2D eigenvalue weighted by Gasteiger charge is -2.28. The Morgan fingerprint density at radius 1 is 1.35 bits per heavy atom. The Hall–Kier alpha value is -1.55. The normalized spacial score (nSPS) is 19.9. The highest BCUT2D eigenvalue weighted by molar-refractivity contribution is 5.82. The van der Waals surface area contributed by atoms with E-state index in [1.165, 1.54) is 12.8 Å². The molecule has 0 aromatic heterocycles. The summed E-state index contributed by atoms with van der Waals surface area (Å²) in [6.45, 7) is 2.77. The molecule has 20 heavy (non-hydrogen) atoms. The predicted molar refractivity (Wildman–Crippen MR) is 80.0 cm³/mol. The van der Waals surface area contributed by atoms with Crippen molar-refractivity contribution in [2.45, 2.75) is 57.3 Å².